The molecule has 0 saturated heterocycles. The fraction of sp³-hybridized carbons (Fsp3) is 0.360. The normalized spacial score (nSPS) is 19.7. The first-order valence-electron chi connectivity index (χ1n) is 11.6. The summed E-state index contributed by atoms with van der Waals surface area (Å²) in [6.45, 7) is 0.373. The molecule has 2 aliphatic rings. The number of benzene rings is 1. The van der Waals surface area contributed by atoms with Gasteiger partial charge >= 0.3 is 0 Å². The van der Waals surface area contributed by atoms with Crippen LogP contribution in [-0.2, 0) is 16.1 Å². The summed E-state index contributed by atoms with van der Waals surface area (Å²) < 4.78 is 19.7. The Morgan fingerprint density at radius 3 is 2.86 bits per heavy atom. The van der Waals surface area contributed by atoms with E-state index in [1.165, 1.54) is 17.8 Å². The third kappa shape index (κ3) is 5.23. The summed E-state index contributed by atoms with van der Waals surface area (Å²) in [6.07, 6.45) is 4.77. The highest BCUT2D eigenvalue weighted by atomic mass is 32.2. The van der Waals surface area contributed by atoms with Crippen LogP contribution in [0.1, 0.15) is 31.2 Å². The molecule has 3 heterocycles. The SMILES string of the molecule is COc1ccc2nccc(NC(=O)C3CCC(NCc4cc5c(cc4F)SCC(=O)N5)CC3)c2n1. The second-order valence-corrected chi connectivity index (χ2v) is 9.79. The Morgan fingerprint density at radius 2 is 2.06 bits per heavy atom. The number of nitrogens with one attached hydrogen (secondary N) is 3. The number of nitrogens with zero attached hydrogens (tertiary/aromatic N) is 2. The fourth-order valence-electron chi connectivity index (χ4n) is 4.55. The maximum atomic E-state index is 14.5. The molecule has 1 aliphatic carbocycles. The van der Waals surface area contributed by atoms with Crippen LogP contribution < -0.4 is 20.7 Å². The van der Waals surface area contributed by atoms with E-state index >= 15 is 0 Å². The average molecular weight is 496 g/mol. The van der Waals surface area contributed by atoms with E-state index in [0.717, 1.165) is 30.6 Å². The Kier molecular flexibility index (Phi) is 6.83. The van der Waals surface area contributed by atoms with Gasteiger partial charge in [-0.25, -0.2) is 9.37 Å². The molecule has 2 aromatic heterocycles. The van der Waals surface area contributed by atoms with Gasteiger partial charge in [-0.05, 0) is 49.9 Å². The number of amides is 2. The highest BCUT2D eigenvalue weighted by Gasteiger charge is 2.27. The molecule has 1 aromatic carbocycles. The lowest BCUT2D eigenvalue weighted by Gasteiger charge is -2.29. The van der Waals surface area contributed by atoms with E-state index in [1.807, 2.05) is 6.07 Å². The van der Waals surface area contributed by atoms with Gasteiger partial charge in [0.05, 0.1) is 29.8 Å². The van der Waals surface area contributed by atoms with Crippen LogP contribution in [0, 0.1) is 11.7 Å². The number of pyridine rings is 2. The van der Waals surface area contributed by atoms with E-state index in [1.54, 1.807) is 31.5 Å². The third-order valence-corrected chi connectivity index (χ3v) is 7.54. The Balaban J connectivity index is 1.16. The molecule has 35 heavy (non-hydrogen) atoms. The Hall–Kier alpha value is -3.24. The van der Waals surface area contributed by atoms with E-state index in [4.69, 9.17) is 4.74 Å². The fourth-order valence-corrected chi connectivity index (χ4v) is 5.36. The molecule has 8 nitrogen and oxygen atoms in total. The summed E-state index contributed by atoms with van der Waals surface area (Å²) in [5, 5.41) is 9.24. The van der Waals surface area contributed by atoms with Crippen LogP contribution in [0.15, 0.2) is 41.4 Å². The minimum Gasteiger partial charge on any atom is -0.481 e. The summed E-state index contributed by atoms with van der Waals surface area (Å²) in [7, 11) is 1.55. The van der Waals surface area contributed by atoms with E-state index in [0.29, 0.717) is 46.1 Å². The molecular weight excluding hydrogens is 469 g/mol. The summed E-state index contributed by atoms with van der Waals surface area (Å²) in [5.74, 6) is 0.290. The third-order valence-electron chi connectivity index (χ3n) is 6.49. The zero-order valence-corrected chi connectivity index (χ0v) is 20.1. The number of hydrogen-bond acceptors (Lipinski definition) is 7. The number of aromatic nitrogens is 2. The highest BCUT2D eigenvalue weighted by molar-refractivity contribution is 8.00. The van der Waals surface area contributed by atoms with Crippen molar-refractivity contribution in [1.29, 1.82) is 0 Å². The molecule has 182 valence electrons. The number of fused-ring (bicyclic) bond motifs is 2. The van der Waals surface area contributed by atoms with Crippen molar-refractivity contribution in [3.05, 3.63) is 47.9 Å². The lowest BCUT2D eigenvalue weighted by Crippen LogP contribution is -2.36. The highest BCUT2D eigenvalue weighted by Crippen LogP contribution is 2.34. The topological polar surface area (TPSA) is 105 Å². The maximum Gasteiger partial charge on any atom is 0.234 e. The Bertz CT molecular complexity index is 1280. The molecule has 0 bridgehead atoms. The summed E-state index contributed by atoms with van der Waals surface area (Å²) in [5.41, 5.74) is 3.09. The van der Waals surface area contributed by atoms with Crippen LogP contribution in [-0.4, -0.2) is 40.7 Å². The minimum absolute atomic E-state index is 0.0328. The quantitative estimate of drug-likeness (QED) is 0.473. The van der Waals surface area contributed by atoms with Crippen molar-refractivity contribution in [2.75, 3.05) is 23.5 Å². The first-order valence-corrected chi connectivity index (χ1v) is 12.6. The number of hydrogen-bond donors (Lipinski definition) is 3. The molecule has 0 radical (unpaired) electrons. The number of thioether (sulfide) groups is 1. The number of methoxy groups -OCH3 is 1. The smallest absolute Gasteiger partial charge is 0.234 e. The number of ether oxygens (including phenoxy) is 1. The van der Waals surface area contributed by atoms with Crippen LogP contribution >= 0.6 is 11.8 Å². The first kappa shape index (κ1) is 23.5. The van der Waals surface area contributed by atoms with Crippen LogP contribution in [0.25, 0.3) is 11.0 Å². The largest absolute Gasteiger partial charge is 0.481 e. The molecule has 3 N–H and O–H groups in total. The van der Waals surface area contributed by atoms with E-state index in [-0.39, 0.29) is 29.6 Å². The van der Waals surface area contributed by atoms with Gasteiger partial charge in [0.15, 0.2) is 0 Å². The standard InChI is InChI=1S/C25H26FN5O3S/c1-34-23-7-6-18-24(31-23)19(8-9-27-18)30-25(33)14-2-4-16(5-3-14)28-12-15-10-20-21(11-17(15)26)35-13-22(32)29-20/h6-11,14,16,28H,2-5,12-13H2,1H3,(H,29,32)(H,27,30,33). The van der Waals surface area contributed by atoms with Gasteiger partial charge in [-0.2, -0.15) is 0 Å². The van der Waals surface area contributed by atoms with Gasteiger partial charge in [-0.1, -0.05) is 0 Å². The Labute approximate surface area is 206 Å². The molecule has 0 spiro atoms. The van der Waals surface area contributed by atoms with Crippen molar-refractivity contribution in [1.82, 2.24) is 15.3 Å². The van der Waals surface area contributed by atoms with Gasteiger partial charge in [-0.15, -0.1) is 11.8 Å². The number of rotatable bonds is 6. The zero-order chi connectivity index (χ0) is 24.4. The number of carbonyl (C=O) groups excluding carboxylic acids is 2. The predicted molar refractivity (Wildman–Crippen MR) is 133 cm³/mol. The predicted octanol–water partition coefficient (Wildman–Crippen LogP) is 4.11. The monoisotopic (exact) mass is 495 g/mol. The summed E-state index contributed by atoms with van der Waals surface area (Å²) in [4.78, 5) is 34.1. The van der Waals surface area contributed by atoms with Gasteiger partial charge < -0.3 is 20.7 Å². The molecule has 5 rings (SSSR count). The first-order chi connectivity index (χ1) is 17.0. The van der Waals surface area contributed by atoms with E-state index in [2.05, 4.69) is 25.9 Å². The lowest BCUT2D eigenvalue weighted by atomic mass is 9.85. The van der Waals surface area contributed by atoms with Gasteiger partial charge in [0, 0.05) is 41.2 Å². The van der Waals surface area contributed by atoms with Crippen molar-refractivity contribution in [3.63, 3.8) is 0 Å². The summed E-state index contributed by atoms with van der Waals surface area (Å²) in [6, 6.07) is 8.69. The zero-order valence-electron chi connectivity index (χ0n) is 19.3. The molecule has 3 aromatic rings. The number of carbonyl (C=O) groups is 2. The van der Waals surface area contributed by atoms with E-state index < -0.39 is 0 Å². The molecule has 10 heteroatoms. The van der Waals surface area contributed by atoms with Crippen molar-refractivity contribution < 1.29 is 18.7 Å². The molecule has 1 aliphatic heterocycles. The molecule has 2 amide bonds. The average Bonchev–Trinajstić information content (AvgIpc) is 2.88. The molecule has 0 atom stereocenters. The van der Waals surface area contributed by atoms with Crippen molar-refractivity contribution in [3.8, 4) is 5.88 Å². The number of halogens is 1. The van der Waals surface area contributed by atoms with Gasteiger partial charge in [0.1, 0.15) is 11.3 Å². The lowest BCUT2D eigenvalue weighted by molar-refractivity contribution is -0.121. The van der Waals surface area contributed by atoms with E-state index in [9.17, 15) is 14.0 Å². The summed E-state index contributed by atoms with van der Waals surface area (Å²) >= 11 is 1.35. The van der Waals surface area contributed by atoms with Crippen molar-refractivity contribution in [2.45, 2.75) is 43.2 Å². The second-order valence-electron chi connectivity index (χ2n) is 8.78. The van der Waals surface area contributed by atoms with Crippen LogP contribution in [0.4, 0.5) is 15.8 Å². The van der Waals surface area contributed by atoms with Crippen molar-refractivity contribution in [2.24, 2.45) is 5.92 Å². The molecule has 1 fully saturated rings. The van der Waals surface area contributed by atoms with Crippen LogP contribution in [0.5, 0.6) is 5.88 Å². The molecule has 1 saturated carbocycles. The molecular formula is C25H26FN5O3S. The van der Waals surface area contributed by atoms with Crippen LogP contribution in [0.2, 0.25) is 0 Å². The maximum absolute atomic E-state index is 14.5. The van der Waals surface area contributed by atoms with Gasteiger partial charge in [-0.3, -0.25) is 14.6 Å². The second kappa shape index (κ2) is 10.2. The van der Waals surface area contributed by atoms with Crippen molar-refractivity contribution >= 4 is 46.0 Å². The molecule has 0 unspecified atom stereocenters. The van der Waals surface area contributed by atoms with Crippen LogP contribution in [0.3, 0.4) is 0 Å². The number of anilines is 2. The Morgan fingerprint density at radius 1 is 1.23 bits per heavy atom. The van der Waals surface area contributed by atoms with Gasteiger partial charge in [0.2, 0.25) is 17.7 Å². The van der Waals surface area contributed by atoms with Gasteiger partial charge in [0.25, 0.3) is 0 Å². The minimum atomic E-state index is -0.275.